The van der Waals surface area contributed by atoms with Crippen LogP contribution < -0.4 is 5.32 Å². The van der Waals surface area contributed by atoms with Crippen molar-refractivity contribution in [1.82, 2.24) is 10.2 Å². The maximum absolute atomic E-state index is 12.9. The zero-order chi connectivity index (χ0) is 20.1. The van der Waals surface area contributed by atoms with E-state index in [9.17, 15) is 9.59 Å². The number of amides is 2. The maximum atomic E-state index is 12.9. The lowest BCUT2D eigenvalue weighted by atomic mass is 9.91. The molecule has 4 heteroatoms. The largest absolute Gasteiger partial charge is 0.349 e. The van der Waals surface area contributed by atoms with Gasteiger partial charge in [-0.3, -0.25) is 9.59 Å². The summed E-state index contributed by atoms with van der Waals surface area (Å²) in [5.74, 6) is 1.16. The third-order valence-corrected chi connectivity index (χ3v) is 5.60. The van der Waals surface area contributed by atoms with Crippen molar-refractivity contribution in [3.8, 4) is 0 Å². The molecule has 0 spiro atoms. The molecule has 150 valence electrons. The van der Waals surface area contributed by atoms with E-state index in [2.05, 4.69) is 57.3 Å². The molecule has 4 nitrogen and oxygen atoms in total. The molecule has 1 N–H and O–H groups in total. The lowest BCUT2D eigenvalue weighted by Crippen LogP contribution is -2.45. The molecule has 0 radical (unpaired) electrons. The van der Waals surface area contributed by atoms with Crippen LogP contribution in [-0.2, 0) is 9.59 Å². The Morgan fingerprint density at radius 1 is 0.926 bits per heavy atom. The quantitative estimate of drug-likeness (QED) is 0.798. The second kappa shape index (κ2) is 9.38. The van der Waals surface area contributed by atoms with Crippen LogP contribution in [0.5, 0.6) is 0 Å². The highest BCUT2D eigenvalue weighted by Gasteiger charge is 2.30. The predicted octanol–water partition coefficient (Wildman–Crippen LogP) is 4.52. The first-order valence-corrected chi connectivity index (χ1v) is 10.4. The molecule has 1 saturated heterocycles. The summed E-state index contributed by atoms with van der Waals surface area (Å²) >= 11 is 0. The summed E-state index contributed by atoms with van der Waals surface area (Å²) in [4.78, 5) is 26.9. The van der Waals surface area contributed by atoms with E-state index in [-0.39, 0.29) is 29.7 Å². The van der Waals surface area contributed by atoms with E-state index in [1.165, 1.54) is 5.56 Å². The van der Waals surface area contributed by atoms with Gasteiger partial charge in [0.25, 0.3) is 0 Å². The minimum Gasteiger partial charge on any atom is -0.349 e. The van der Waals surface area contributed by atoms with Crippen LogP contribution in [-0.4, -0.2) is 29.8 Å². The van der Waals surface area contributed by atoms with Gasteiger partial charge in [0.2, 0.25) is 11.8 Å². The summed E-state index contributed by atoms with van der Waals surface area (Å²) in [5.41, 5.74) is 2.48. The van der Waals surface area contributed by atoms with Gasteiger partial charge in [-0.1, -0.05) is 65.8 Å². The van der Waals surface area contributed by atoms with Gasteiger partial charge in [0, 0.05) is 24.9 Å². The molecule has 2 amide bonds. The van der Waals surface area contributed by atoms with E-state index in [0.29, 0.717) is 24.9 Å². The van der Waals surface area contributed by atoms with Gasteiger partial charge in [-0.25, -0.2) is 0 Å². The highest BCUT2D eigenvalue weighted by atomic mass is 16.2. The number of rotatable bonds is 6. The molecule has 2 rings (SSSR count). The summed E-state index contributed by atoms with van der Waals surface area (Å²) in [5, 5.41) is 3.28. The van der Waals surface area contributed by atoms with Gasteiger partial charge in [-0.2, -0.15) is 0 Å². The molecule has 1 aliphatic rings. The van der Waals surface area contributed by atoms with E-state index in [1.54, 1.807) is 0 Å². The van der Waals surface area contributed by atoms with Crippen LogP contribution in [0.25, 0.3) is 0 Å². The third kappa shape index (κ3) is 5.57. The van der Waals surface area contributed by atoms with E-state index < -0.39 is 0 Å². The van der Waals surface area contributed by atoms with Gasteiger partial charge < -0.3 is 10.2 Å². The van der Waals surface area contributed by atoms with Gasteiger partial charge in [0.05, 0.1) is 6.04 Å². The Hall–Kier alpha value is -1.84. The fourth-order valence-corrected chi connectivity index (χ4v) is 3.72. The molecule has 1 aliphatic heterocycles. The predicted molar refractivity (Wildman–Crippen MR) is 110 cm³/mol. The summed E-state index contributed by atoms with van der Waals surface area (Å²) in [6, 6.07) is 8.64. The van der Waals surface area contributed by atoms with Gasteiger partial charge >= 0.3 is 0 Å². The van der Waals surface area contributed by atoms with Gasteiger partial charge in [-0.15, -0.1) is 0 Å². The Balaban J connectivity index is 1.98. The Bertz CT molecular complexity index is 626. The van der Waals surface area contributed by atoms with Crippen molar-refractivity contribution < 1.29 is 9.59 Å². The fraction of sp³-hybridized carbons (Fsp3) is 0.652. The molecule has 0 aromatic heterocycles. The van der Waals surface area contributed by atoms with Crippen LogP contribution in [0.2, 0.25) is 0 Å². The van der Waals surface area contributed by atoms with Crippen molar-refractivity contribution in [2.75, 3.05) is 13.1 Å². The van der Waals surface area contributed by atoms with Crippen molar-refractivity contribution in [2.24, 2.45) is 17.8 Å². The van der Waals surface area contributed by atoms with Crippen LogP contribution in [0.1, 0.15) is 77.5 Å². The second-order valence-electron chi connectivity index (χ2n) is 8.81. The summed E-state index contributed by atoms with van der Waals surface area (Å²) in [6.45, 7) is 13.9. The van der Waals surface area contributed by atoms with E-state index in [0.717, 1.165) is 18.4 Å². The van der Waals surface area contributed by atoms with Gasteiger partial charge in [0.15, 0.2) is 0 Å². The molecule has 1 atom stereocenters. The molecule has 1 aromatic rings. The van der Waals surface area contributed by atoms with Crippen molar-refractivity contribution in [2.45, 2.75) is 66.3 Å². The summed E-state index contributed by atoms with van der Waals surface area (Å²) in [7, 11) is 0. The number of nitrogens with one attached hydrogen (secondary N) is 1. The Morgan fingerprint density at radius 2 is 1.44 bits per heavy atom. The maximum Gasteiger partial charge on any atom is 0.225 e. The topological polar surface area (TPSA) is 49.4 Å². The van der Waals surface area contributed by atoms with Crippen molar-refractivity contribution in [3.63, 3.8) is 0 Å². The highest BCUT2D eigenvalue weighted by Crippen LogP contribution is 2.26. The Labute approximate surface area is 164 Å². The summed E-state index contributed by atoms with van der Waals surface area (Å²) < 4.78 is 0. The first-order valence-electron chi connectivity index (χ1n) is 10.4. The van der Waals surface area contributed by atoms with Crippen LogP contribution in [0.15, 0.2) is 24.3 Å². The molecule has 1 fully saturated rings. The number of likely N-dealkylation sites (tertiary alicyclic amines) is 1. The molecular weight excluding hydrogens is 336 g/mol. The molecule has 0 saturated carbocycles. The second-order valence-corrected chi connectivity index (χ2v) is 8.81. The molecule has 1 aromatic carbocycles. The SMILES string of the molecule is CC(C)C(=O)N1CCC(C(=O)NC(c2ccc(C(C)C)cc2)C(C)C)CC1. The molecule has 1 heterocycles. The first-order chi connectivity index (χ1) is 12.7. The van der Waals surface area contributed by atoms with Crippen molar-refractivity contribution in [1.29, 1.82) is 0 Å². The minimum atomic E-state index is -0.00241. The van der Waals surface area contributed by atoms with Crippen LogP contribution >= 0.6 is 0 Å². The number of hydrogen-bond donors (Lipinski definition) is 1. The van der Waals surface area contributed by atoms with E-state index in [1.807, 2.05) is 18.7 Å². The molecule has 27 heavy (non-hydrogen) atoms. The fourth-order valence-electron chi connectivity index (χ4n) is 3.72. The smallest absolute Gasteiger partial charge is 0.225 e. The lowest BCUT2D eigenvalue weighted by molar-refractivity contribution is -0.138. The monoisotopic (exact) mass is 372 g/mol. The normalized spacial score (nSPS) is 16.9. The minimum absolute atomic E-state index is 0.00241. The first kappa shape index (κ1) is 21.5. The molecule has 0 aliphatic carbocycles. The van der Waals surface area contributed by atoms with Crippen molar-refractivity contribution >= 4 is 11.8 Å². The zero-order valence-corrected chi connectivity index (χ0v) is 17.8. The van der Waals surface area contributed by atoms with Gasteiger partial charge in [0.1, 0.15) is 0 Å². The number of carbonyl (C=O) groups is 2. The van der Waals surface area contributed by atoms with E-state index in [4.69, 9.17) is 0 Å². The zero-order valence-electron chi connectivity index (χ0n) is 17.8. The molecule has 1 unspecified atom stereocenters. The van der Waals surface area contributed by atoms with E-state index >= 15 is 0 Å². The number of hydrogen-bond acceptors (Lipinski definition) is 2. The van der Waals surface area contributed by atoms with Crippen LogP contribution in [0, 0.1) is 17.8 Å². The third-order valence-electron chi connectivity index (χ3n) is 5.60. The van der Waals surface area contributed by atoms with Gasteiger partial charge in [-0.05, 0) is 35.8 Å². The average Bonchev–Trinajstić information content (AvgIpc) is 2.65. The number of piperidine rings is 1. The van der Waals surface area contributed by atoms with Crippen LogP contribution in [0.4, 0.5) is 0 Å². The average molecular weight is 373 g/mol. The summed E-state index contributed by atoms with van der Waals surface area (Å²) in [6.07, 6.45) is 1.50. The lowest BCUT2D eigenvalue weighted by Gasteiger charge is -2.33. The number of nitrogens with zero attached hydrogens (tertiary/aromatic N) is 1. The van der Waals surface area contributed by atoms with Crippen LogP contribution in [0.3, 0.4) is 0 Å². The molecule has 0 bridgehead atoms. The standard InChI is InChI=1S/C23H36N2O2/c1-15(2)18-7-9-19(10-8-18)21(16(3)4)24-22(26)20-11-13-25(14-12-20)23(27)17(5)6/h7-10,15-17,20-21H,11-14H2,1-6H3,(H,24,26). The molecular formula is C23H36N2O2. The van der Waals surface area contributed by atoms with Crippen molar-refractivity contribution in [3.05, 3.63) is 35.4 Å². The number of benzene rings is 1. The highest BCUT2D eigenvalue weighted by molar-refractivity contribution is 5.81. The number of carbonyl (C=O) groups excluding carboxylic acids is 2. The Kier molecular flexibility index (Phi) is 7.46. The Morgan fingerprint density at radius 3 is 1.89 bits per heavy atom.